The second-order valence-corrected chi connectivity index (χ2v) is 7.47. The Labute approximate surface area is 92.1 Å². The number of nitrogens with zero attached hydrogens (tertiary/aromatic N) is 2. The molecule has 0 fully saturated rings. The van der Waals surface area contributed by atoms with Crippen molar-refractivity contribution in [3.8, 4) is 0 Å². The van der Waals surface area contributed by atoms with Gasteiger partial charge in [0.25, 0.3) is 0 Å². The van der Waals surface area contributed by atoms with E-state index < -0.39 is 9.73 Å². The van der Waals surface area contributed by atoms with E-state index in [4.69, 9.17) is 0 Å². The van der Waals surface area contributed by atoms with Crippen LogP contribution in [0.1, 0.15) is 26.5 Å². The van der Waals surface area contributed by atoms with E-state index in [0.717, 1.165) is 5.69 Å². The summed E-state index contributed by atoms with van der Waals surface area (Å²) in [5.74, 6) is 0. The van der Waals surface area contributed by atoms with Gasteiger partial charge in [-0.25, -0.2) is 4.21 Å². The van der Waals surface area contributed by atoms with Crippen LogP contribution in [0.5, 0.6) is 0 Å². The van der Waals surface area contributed by atoms with Gasteiger partial charge in [-0.3, -0.25) is 4.98 Å². The third-order valence-corrected chi connectivity index (χ3v) is 2.49. The van der Waals surface area contributed by atoms with E-state index in [-0.39, 0.29) is 5.41 Å². The molecule has 1 rings (SSSR count). The lowest BCUT2D eigenvalue weighted by Crippen LogP contribution is -2.12. The van der Waals surface area contributed by atoms with Gasteiger partial charge in [0.05, 0.1) is 11.9 Å². The lowest BCUT2D eigenvalue weighted by Gasteiger charge is -2.17. The molecule has 15 heavy (non-hydrogen) atoms. The van der Waals surface area contributed by atoms with Crippen LogP contribution in [0.2, 0.25) is 0 Å². The van der Waals surface area contributed by atoms with Crippen molar-refractivity contribution < 1.29 is 4.21 Å². The van der Waals surface area contributed by atoms with E-state index in [1.165, 1.54) is 0 Å². The normalized spacial score (nSPS) is 12.6. The first-order chi connectivity index (χ1) is 6.68. The van der Waals surface area contributed by atoms with Crippen LogP contribution in [0, 0.1) is 0 Å². The topological polar surface area (TPSA) is 42.3 Å². The molecule has 0 N–H and O–H groups in total. The Morgan fingerprint density at radius 3 is 2.20 bits per heavy atom. The molecule has 0 aliphatic heterocycles. The molecule has 0 saturated heterocycles. The Kier molecular flexibility index (Phi) is 3.19. The minimum Gasteiger partial charge on any atom is -0.258 e. The van der Waals surface area contributed by atoms with Crippen LogP contribution in [-0.4, -0.2) is 21.7 Å². The van der Waals surface area contributed by atoms with Crippen LogP contribution in [0.3, 0.4) is 0 Å². The van der Waals surface area contributed by atoms with Crippen LogP contribution in [0.4, 0.5) is 5.69 Å². The van der Waals surface area contributed by atoms with Gasteiger partial charge in [0.2, 0.25) is 0 Å². The van der Waals surface area contributed by atoms with Crippen molar-refractivity contribution in [1.82, 2.24) is 4.98 Å². The first kappa shape index (κ1) is 12.2. The lowest BCUT2D eigenvalue weighted by molar-refractivity contribution is 0.569. The molecular weight excluding hydrogens is 208 g/mol. The van der Waals surface area contributed by atoms with Gasteiger partial charge >= 0.3 is 0 Å². The minimum absolute atomic E-state index is 0.0400. The molecule has 1 aromatic heterocycles. The van der Waals surface area contributed by atoms with Crippen molar-refractivity contribution >= 4 is 15.4 Å². The van der Waals surface area contributed by atoms with Crippen molar-refractivity contribution in [2.75, 3.05) is 12.5 Å². The largest absolute Gasteiger partial charge is 0.258 e. The van der Waals surface area contributed by atoms with E-state index >= 15 is 0 Å². The summed E-state index contributed by atoms with van der Waals surface area (Å²) in [6.45, 7) is 6.32. The third-order valence-electron chi connectivity index (χ3n) is 1.84. The molecule has 0 aliphatic rings. The highest BCUT2D eigenvalue weighted by molar-refractivity contribution is 7.92. The average Bonchev–Trinajstić information content (AvgIpc) is 2.00. The Bertz CT molecular complexity index is 440. The van der Waals surface area contributed by atoms with Crippen LogP contribution in [0.15, 0.2) is 22.7 Å². The fourth-order valence-corrected chi connectivity index (χ4v) is 1.75. The molecule has 1 aromatic rings. The van der Waals surface area contributed by atoms with E-state index in [2.05, 4.69) is 30.1 Å². The summed E-state index contributed by atoms with van der Waals surface area (Å²) in [6.07, 6.45) is 4.91. The molecule has 3 nitrogen and oxygen atoms in total. The molecule has 0 aliphatic carbocycles. The first-order valence-corrected chi connectivity index (χ1v) is 7.15. The van der Waals surface area contributed by atoms with Gasteiger partial charge in [-0.15, -0.1) is 0 Å². The molecule has 0 unspecified atom stereocenters. The molecule has 0 saturated carbocycles. The molecule has 0 amide bonds. The zero-order chi connectivity index (χ0) is 11.7. The lowest BCUT2D eigenvalue weighted by atomic mass is 9.92. The van der Waals surface area contributed by atoms with Gasteiger partial charge in [-0.2, -0.15) is 4.36 Å². The highest BCUT2D eigenvalue weighted by Crippen LogP contribution is 2.22. The molecule has 1 heterocycles. The molecule has 0 atom stereocenters. The van der Waals surface area contributed by atoms with E-state index in [1.54, 1.807) is 18.7 Å². The van der Waals surface area contributed by atoms with Gasteiger partial charge < -0.3 is 0 Å². The predicted octanol–water partition coefficient (Wildman–Crippen LogP) is 2.74. The molecule has 0 spiro atoms. The molecule has 0 aromatic carbocycles. The molecular formula is C11H18N2OS. The van der Waals surface area contributed by atoms with Crippen LogP contribution < -0.4 is 0 Å². The smallest absolute Gasteiger partial charge is 0.0913 e. The van der Waals surface area contributed by atoms with Gasteiger partial charge in [-0.05, 0) is 12.1 Å². The Morgan fingerprint density at radius 2 is 1.87 bits per heavy atom. The number of hydrogen-bond donors (Lipinski definition) is 0. The van der Waals surface area contributed by atoms with E-state index in [0.29, 0.717) is 5.69 Å². The summed E-state index contributed by atoms with van der Waals surface area (Å²) in [4.78, 5) is 4.31. The van der Waals surface area contributed by atoms with Crippen molar-refractivity contribution in [3.05, 3.63) is 24.0 Å². The number of pyridine rings is 1. The second-order valence-electron chi connectivity index (χ2n) is 4.92. The number of aromatic nitrogens is 1. The van der Waals surface area contributed by atoms with Gasteiger partial charge in [0.1, 0.15) is 0 Å². The summed E-state index contributed by atoms with van der Waals surface area (Å²) in [5.41, 5.74) is 1.73. The maximum Gasteiger partial charge on any atom is 0.0913 e. The fraction of sp³-hybridized carbons (Fsp3) is 0.545. The molecule has 84 valence electrons. The van der Waals surface area contributed by atoms with Crippen molar-refractivity contribution in [1.29, 1.82) is 0 Å². The summed E-state index contributed by atoms with van der Waals surface area (Å²) >= 11 is 0. The standard InChI is InChI=1S/C11H18N2OS/c1-11(2,3)10-7-6-9(8-12-10)13-15(4,5)14/h6-8H,1-5H3. The first-order valence-electron chi connectivity index (χ1n) is 4.82. The number of rotatable bonds is 1. The maximum atomic E-state index is 11.4. The molecule has 0 radical (unpaired) electrons. The average molecular weight is 226 g/mol. The van der Waals surface area contributed by atoms with E-state index in [1.807, 2.05) is 12.1 Å². The summed E-state index contributed by atoms with van der Waals surface area (Å²) in [7, 11) is -2.09. The quantitative estimate of drug-likeness (QED) is 0.739. The zero-order valence-electron chi connectivity index (χ0n) is 9.94. The highest BCUT2D eigenvalue weighted by Gasteiger charge is 2.14. The van der Waals surface area contributed by atoms with Crippen LogP contribution >= 0.6 is 0 Å². The Balaban J connectivity index is 3.07. The second kappa shape index (κ2) is 3.93. The number of hydrogen-bond acceptors (Lipinski definition) is 3. The van der Waals surface area contributed by atoms with Crippen LogP contribution in [0.25, 0.3) is 0 Å². The summed E-state index contributed by atoms with van der Waals surface area (Å²) in [5, 5.41) is 0. The molecule has 0 bridgehead atoms. The van der Waals surface area contributed by atoms with Crippen molar-refractivity contribution in [2.24, 2.45) is 4.36 Å². The maximum absolute atomic E-state index is 11.4. The van der Waals surface area contributed by atoms with Crippen molar-refractivity contribution in [3.63, 3.8) is 0 Å². The third kappa shape index (κ3) is 4.00. The Morgan fingerprint density at radius 1 is 1.27 bits per heavy atom. The van der Waals surface area contributed by atoms with Gasteiger partial charge in [-0.1, -0.05) is 20.8 Å². The van der Waals surface area contributed by atoms with Gasteiger partial charge in [0.15, 0.2) is 0 Å². The van der Waals surface area contributed by atoms with Crippen molar-refractivity contribution in [2.45, 2.75) is 26.2 Å². The summed E-state index contributed by atoms with van der Waals surface area (Å²) < 4.78 is 15.5. The van der Waals surface area contributed by atoms with Crippen LogP contribution in [-0.2, 0) is 15.1 Å². The minimum atomic E-state index is -2.09. The molecule has 4 heteroatoms. The zero-order valence-corrected chi connectivity index (χ0v) is 10.8. The monoisotopic (exact) mass is 226 g/mol. The summed E-state index contributed by atoms with van der Waals surface area (Å²) in [6, 6.07) is 3.80. The SMILES string of the molecule is CC(C)(C)c1ccc(N=S(C)(C)=O)cn1. The highest BCUT2D eigenvalue weighted by atomic mass is 32.2. The van der Waals surface area contributed by atoms with E-state index in [9.17, 15) is 4.21 Å². The predicted molar refractivity (Wildman–Crippen MR) is 65.0 cm³/mol. The Hall–Kier alpha value is -0.900. The van der Waals surface area contributed by atoms with Gasteiger partial charge in [0, 0.05) is 33.3 Å². The fourth-order valence-electron chi connectivity index (χ4n) is 1.14.